The summed E-state index contributed by atoms with van der Waals surface area (Å²) in [5.41, 5.74) is 0. The second kappa shape index (κ2) is 5.60. The van der Waals surface area contributed by atoms with Crippen molar-refractivity contribution in [1.29, 1.82) is 0 Å². The van der Waals surface area contributed by atoms with E-state index in [9.17, 15) is 8.42 Å². The zero-order valence-corrected chi connectivity index (χ0v) is 9.47. The highest BCUT2D eigenvalue weighted by atomic mass is 32.2. The minimum Gasteiger partial charge on any atom is -0.285 e. The van der Waals surface area contributed by atoms with E-state index in [0.717, 1.165) is 12.8 Å². The molecule has 0 rings (SSSR count). The van der Waals surface area contributed by atoms with Crippen LogP contribution >= 0.6 is 0 Å². The van der Waals surface area contributed by atoms with Crippen molar-refractivity contribution < 1.29 is 13.0 Å². The van der Waals surface area contributed by atoms with Gasteiger partial charge in [0, 0.05) is 0 Å². The molecule has 1 unspecified atom stereocenters. The van der Waals surface area contributed by atoms with E-state index in [-0.39, 0.29) is 0 Å². The molecule has 1 N–H and O–H groups in total. The first kappa shape index (κ1) is 12.9. The number of hydrogen-bond donors (Lipinski definition) is 1. The molecule has 0 bridgehead atoms. The summed E-state index contributed by atoms with van der Waals surface area (Å²) in [5.74, 6) is 0.309. The normalized spacial score (nSPS) is 14.8. The number of rotatable bonds is 6. The van der Waals surface area contributed by atoms with Crippen molar-refractivity contribution >= 4 is 10.1 Å². The highest BCUT2D eigenvalue weighted by Gasteiger charge is 2.22. The summed E-state index contributed by atoms with van der Waals surface area (Å²) in [6.45, 7) is 5.94. The van der Waals surface area contributed by atoms with Crippen molar-refractivity contribution in [2.24, 2.45) is 5.92 Å². The highest BCUT2D eigenvalue weighted by molar-refractivity contribution is 7.86. The van der Waals surface area contributed by atoms with Crippen LogP contribution in [0.15, 0.2) is 0 Å². The second-order valence-electron chi connectivity index (χ2n) is 3.91. The predicted octanol–water partition coefficient (Wildman–Crippen LogP) is 2.48. The lowest BCUT2D eigenvalue weighted by molar-refractivity contribution is 0.433. The van der Waals surface area contributed by atoms with Gasteiger partial charge in [-0.15, -0.1) is 0 Å². The van der Waals surface area contributed by atoms with Gasteiger partial charge in [-0.1, -0.05) is 33.6 Å². The maximum absolute atomic E-state index is 10.9. The third-order valence-corrected chi connectivity index (χ3v) is 3.31. The molecule has 0 aliphatic heterocycles. The van der Waals surface area contributed by atoms with Crippen LogP contribution in [0.3, 0.4) is 0 Å². The maximum atomic E-state index is 10.9. The van der Waals surface area contributed by atoms with Crippen LogP contribution in [0.2, 0.25) is 0 Å². The third-order valence-electron chi connectivity index (χ3n) is 2.04. The lowest BCUT2D eigenvalue weighted by atomic mass is 10.0. The lowest BCUT2D eigenvalue weighted by Gasteiger charge is -2.15. The van der Waals surface area contributed by atoms with E-state index in [1.54, 1.807) is 0 Å². The quantitative estimate of drug-likeness (QED) is 0.682. The van der Waals surface area contributed by atoms with Gasteiger partial charge in [-0.25, -0.2) is 0 Å². The molecule has 0 aromatic heterocycles. The van der Waals surface area contributed by atoms with Gasteiger partial charge in [0.15, 0.2) is 0 Å². The Morgan fingerprint density at radius 2 is 1.85 bits per heavy atom. The number of unbranched alkanes of at least 4 members (excludes halogenated alkanes) is 1. The Kier molecular flexibility index (Phi) is 5.56. The summed E-state index contributed by atoms with van der Waals surface area (Å²) >= 11 is 0. The summed E-state index contributed by atoms with van der Waals surface area (Å²) in [4.78, 5) is 0. The minimum absolute atomic E-state index is 0.309. The van der Waals surface area contributed by atoms with E-state index in [0.29, 0.717) is 18.8 Å². The van der Waals surface area contributed by atoms with Crippen LogP contribution in [0.5, 0.6) is 0 Å². The van der Waals surface area contributed by atoms with E-state index in [4.69, 9.17) is 4.55 Å². The van der Waals surface area contributed by atoms with Gasteiger partial charge >= 0.3 is 0 Å². The summed E-state index contributed by atoms with van der Waals surface area (Å²) in [6.07, 6.45) is 2.95. The topological polar surface area (TPSA) is 54.4 Å². The summed E-state index contributed by atoms with van der Waals surface area (Å²) in [7, 11) is -3.83. The van der Waals surface area contributed by atoms with Gasteiger partial charge in [0.2, 0.25) is 0 Å². The van der Waals surface area contributed by atoms with Gasteiger partial charge in [0.25, 0.3) is 10.1 Å². The van der Waals surface area contributed by atoms with Crippen LogP contribution in [-0.4, -0.2) is 18.2 Å². The molecule has 80 valence electrons. The van der Waals surface area contributed by atoms with Crippen LogP contribution in [-0.2, 0) is 10.1 Å². The molecular formula is C9H20O3S. The first-order chi connectivity index (χ1) is 5.88. The Morgan fingerprint density at radius 3 is 2.15 bits per heavy atom. The van der Waals surface area contributed by atoms with Crippen molar-refractivity contribution in [3.8, 4) is 0 Å². The van der Waals surface area contributed by atoms with Crippen molar-refractivity contribution in [3.63, 3.8) is 0 Å². The average molecular weight is 208 g/mol. The molecule has 1 atom stereocenters. The van der Waals surface area contributed by atoms with Crippen LogP contribution in [0.4, 0.5) is 0 Å². The van der Waals surface area contributed by atoms with Crippen LogP contribution < -0.4 is 0 Å². The molecule has 0 saturated carbocycles. The fourth-order valence-electron chi connectivity index (χ4n) is 1.35. The molecule has 0 aromatic carbocycles. The first-order valence-electron chi connectivity index (χ1n) is 4.84. The van der Waals surface area contributed by atoms with Crippen molar-refractivity contribution in [3.05, 3.63) is 0 Å². The van der Waals surface area contributed by atoms with E-state index in [2.05, 4.69) is 0 Å². The summed E-state index contributed by atoms with van der Waals surface area (Å²) < 4.78 is 30.8. The molecule has 0 heterocycles. The Balaban J connectivity index is 4.21. The van der Waals surface area contributed by atoms with E-state index in [1.807, 2.05) is 20.8 Å². The average Bonchev–Trinajstić information content (AvgIpc) is 1.95. The van der Waals surface area contributed by atoms with Gasteiger partial charge in [0.05, 0.1) is 5.25 Å². The monoisotopic (exact) mass is 208 g/mol. The molecule has 0 aromatic rings. The summed E-state index contributed by atoms with van der Waals surface area (Å²) in [6, 6.07) is 0. The van der Waals surface area contributed by atoms with Crippen LogP contribution in [0, 0.1) is 5.92 Å². The summed E-state index contributed by atoms with van der Waals surface area (Å²) in [5, 5.41) is -0.563. The zero-order valence-electron chi connectivity index (χ0n) is 8.66. The van der Waals surface area contributed by atoms with Gasteiger partial charge < -0.3 is 0 Å². The van der Waals surface area contributed by atoms with Gasteiger partial charge in [-0.2, -0.15) is 8.42 Å². The fraction of sp³-hybridized carbons (Fsp3) is 1.00. The Morgan fingerprint density at radius 1 is 1.31 bits per heavy atom. The fourth-order valence-corrected chi connectivity index (χ4v) is 2.44. The second-order valence-corrected chi connectivity index (χ2v) is 5.61. The van der Waals surface area contributed by atoms with E-state index < -0.39 is 15.4 Å². The Labute approximate surface area is 81.3 Å². The van der Waals surface area contributed by atoms with Gasteiger partial charge in [0.1, 0.15) is 0 Å². The van der Waals surface area contributed by atoms with Crippen LogP contribution in [0.25, 0.3) is 0 Å². The largest absolute Gasteiger partial charge is 0.285 e. The first-order valence-corrected chi connectivity index (χ1v) is 6.34. The highest BCUT2D eigenvalue weighted by Crippen LogP contribution is 2.17. The Bertz CT molecular complexity index is 219. The lowest BCUT2D eigenvalue weighted by Crippen LogP contribution is -2.22. The van der Waals surface area contributed by atoms with Crippen LogP contribution in [0.1, 0.15) is 46.5 Å². The van der Waals surface area contributed by atoms with Crippen molar-refractivity contribution in [1.82, 2.24) is 0 Å². The smallest absolute Gasteiger partial charge is 0.267 e. The molecule has 0 aliphatic carbocycles. The molecule has 3 nitrogen and oxygen atoms in total. The minimum atomic E-state index is -3.83. The van der Waals surface area contributed by atoms with Crippen molar-refractivity contribution in [2.45, 2.75) is 51.7 Å². The molecule has 0 radical (unpaired) electrons. The Hall–Kier alpha value is -0.0900. The molecule has 0 fully saturated rings. The zero-order chi connectivity index (χ0) is 10.5. The molecule has 0 saturated heterocycles. The number of hydrogen-bond acceptors (Lipinski definition) is 2. The van der Waals surface area contributed by atoms with Gasteiger partial charge in [-0.05, 0) is 18.8 Å². The maximum Gasteiger partial charge on any atom is 0.267 e. The molecule has 0 amide bonds. The molecule has 0 aliphatic rings. The van der Waals surface area contributed by atoms with Gasteiger partial charge in [-0.3, -0.25) is 4.55 Å². The van der Waals surface area contributed by atoms with E-state index in [1.165, 1.54) is 0 Å². The molecule has 0 spiro atoms. The molecule has 4 heteroatoms. The third kappa shape index (κ3) is 6.05. The molecular weight excluding hydrogens is 188 g/mol. The SMILES string of the molecule is CCCCC(CC(C)C)S(=O)(=O)O. The molecule has 13 heavy (non-hydrogen) atoms. The van der Waals surface area contributed by atoms with E-state index >= 15 is 0 Å². The predicted molar refractivity (Wildman–Crippen MR) is 54.3 cm³/mol. The van der Waals surface area contributed by atoms with Crippen molar-refractivity contribution in [2.75, 3.05) is 0 Å². The standard InChI is InChI=1S/C9H20O3S/c1-4-5-6-9(7-8(2)3)13(10,11)12/h8-9H,4-7H2,1-3H3,(H,10,11,12).